The molecule has 22 heavy (non-hydrogen) atoms. The van der Waals surface area contributed by atoms with Crippen molar-refractivity contribution in [2.24, 2.45) is 0 Å². The maximum absolute atomic E-state index is 4.27. The molecule has 0 saturated heterocycles. The van der Waals surface area contributed by atoms with Crippen molar-refractivity contribution in [1.29, 1.82) is 0 Å². The smallest absolute Gasteiger partial charge is 0.133 e. The number of aromatic nitrogens is 2. The van der Waals surface area contributed by atoms with E-state index in [1.54, 1.807) is 6.33 Å². The van der Waals surface area contributed by atoms with E-state index >= 15 is 0 Å². The van der Waals surface area contributed by atoms with Gasteiger partial charge in [0.2, 0.25) is 0 Å². The largest absolute Gasteiger partial charge is 0.369 e. The Morgan fingerprint density at radius 2 is 2.00 bits per heavy atom. The highest BCUT2D eigenvalue weighted by molar-refractivity contribution is 5.47. The predicted molar refractivity (Wildman–Crippen MR) is 90.3 cm³/mol. The molecule has 0 bridgehead atoms. The number of fused-ring (bicyclic) bond motifs is 1. The Bertz CT molecular complexity index is 626. The Morgan fingerprint density at radius 1 is 1.18 bits per heavy atom. The highest BCUT2D eigenvalue weighted by atomic mass is 15.2. The second-order valence-electron chi connectivity index (χ2n) is 5.88. The van der Waals surface area contributed by atoms with Crippen LogP contribution in [0.1, 0.15) is 11.1 Å². The maximum atomic E-state index is 4.27. The summed E-state index contributed by atoms with van der Waals surface area (Å²) in [6.45, 7) is 4.09. The number of rotatable bonds is 5. The highest BCUT2D eigenvalue weighted by Crippen LogP contribution is 2.18. The first-order valence-corrected chi connectivity index (χ1v) is 7.75. The molecule has 0 fully saturated rings. The van der Waals surface area contributed by atoms with Crippen LogP contribution >= 0.6 is 0 Å². The van der Waals surface area contributed by atoms with Gasteiger partial charge in [-0.25, -0.2) is 9.97 Å². The zero-order chi connectivity index (χ0) is 15.4. The van der Waals surface area contributed by atoms with E-state index < -0.39 is 0 Å². The Hall–Kier alpha value is -2.14. The summed E-state index contributed by atoms with van der Waals surface area (Å²) in [5.74, 6) is 1.81. The second-order valence-corrected chi connectivity index (χ2v) is 5.88. The first-order chi connectivity index (χ1) is 10.7. The third kappa shape index (κ3) is 3.54. The van der Waals surface area contributed by atoms with Crippen molar-refractivity contribution in [3.8, 4) is 0 Å². The van der Waals surface area contributed by atoms with Crippen LogP contribution in [0, 0.1) is 0 Å². The number of benzene rings is 1. The number of hydrogen-bond donors (Lipinski definition) is 1. The molecule has 1 aliphatic rings. The first kappa shape index (κ1) is 14.8. The predicted octanol–water partition coefficient (Wildman–Crippen LogP) is 2.01. The van der Waals surface area contributed by atoms with Gasteiger partial charge in [-0.2, -0.15) is 0 Å². The summed E-state index contributed by atoms with van der Waals surface area (Å²) in [5, 5.41) is 3.39. The normalized spacial score (nSPS) is 14.5. The third-order valence-electron chi connectivity index (χ3n) is 4.05. The number of nitrogens with zero attached hydrogens (tertiary/aromatic N) is 4. The molecule has 1 aromatic carbocycles. The quantitative estimate of drug-likeness (QED) is 0.914. The average molecular weight is 297 g/mol. The molecule has 5 heteroatoms. The van der Waals surface area contributed by atoms with E-state index in [1.807, 2.05) is 25.1 Å². The number of nitrogens with one attached hydrogen (secondary N) is 1. The molecular weight excluding hydrogens is 274 g/mol. The summed E-state index contributed by atoms with van der Waals surface area (Å²) >= 11 is 0. The summed E-state index contributed by atoms with van der Waals surface area (Å²) in [7, 11) is 3.97. The minimum Gasteiger partial charge on any atom is -0.369 e. The van der Waals surface area contributed by atoms with Gasteiger partial charge in [-0.3, -0.25) is 4.90 Å². The van der Waals surface area contributed by atoms with Gasteiger partial charge in [-0.15, -0.1) is 0 Å². The molecule has 1 aromatic heterocycles. The number of hydrogen-bond acceptors (Lipinski definition) is 5. The third-order valence-corrected chi connectivity index (χ3v) is 4.05. The van der Waals surface area contributed by atoms with Crippen LogP contribution in [0.5, 0.6) is 0 Å². The second kappa shape index (κ2) is 6.75. The fourth-order valence-electron chi connectivity index (χ4n) is 2.78. The van der Waals surface area contributed by atoms with Crippen LogP contribution in [0.15, 0.2) is 36.7 Å². The Labute approximate surface area is 132 Å². The zero-order valence-electron chi connectivity index (χ0n) is 13.3. The molecule has 5 nitrogen and oxygen atoms in total. The van der Waals surface area contributed by atoms with Crippen LogP contribution in [0.25, 0.3) is 0 Å². The average Bonchev–Trinajstić information content (AvgIpc) is 2.55. The Balaban J connectivity index is 1.51. The minimum absolute atomic E-state index is 0.885. The van der Waals surface area contributed by atoms with E-state index in [4.69, 9.17) is 0 Å². The maximum Gasteiger partial charge on any atom is 0.133 e. The van der Waals surface area contributed by atoms with Crippen molar-refractivity contribution >= 4 is 11.6 Å². The molecule has 1 N–H and O–H groups in total. The van der Waals surface area contributed by atoms with Crippen LogP contribution < -0.4 is 10.2 Å². The van der Waals surface area contributed by atoms with E-state index in [-0.39, 0.29) is 0 Å². The van der Waals surface area contributed by atoms with Crippen LogP contribution in [-0.4, -0.2) is 48.6 Å². The lowest BCUT2D eigenvalue weighted by molar-refractivity contribution is 0.264. The van der Waals surface area contributed by atoms with Gasteiger partial charge >= 0.3 is 0 Å². The highest BCUT2D eigenvalue weighted by Gasteiger charge is 2.14. The number of anilines is 2. The molecule has 0 aliphatic carbocycles. The van der Waals surface area contributed by atoms with Gasteiger partial charge in [0, 0.05) is 46.3 Å². The summed E-state index contributed by atoms with van der Waals surface area (Å²) in [6.07, 6.45) is 2.75. The minimum atomic E-state index is 0.885. The van der Waals surface area contributed by atoms with Gasteiger partial charge in [0.25, 0.3) is 0 Å². The fourth-order valence-corrected chi connectivity index (χ4v) is 2.78. The van der Waals surface area contributed by atoms with E-state index in [9.17, 15) is 0 Å². The molecule has 2 aromatic rings. The first-order valence-electron chi connectivity index (χ1n) is 7.75. The van der Waals surface area contributed by atoms with Crippen molar-refractivity contribution in [1.82, 2.24) is 14.9 Å². The van der Waals surface area contributed by atoms with E-state index in [0.29, 0.717) is 0 Å². The molecule has 0 amide bonds. The molecular formula is C17H23N5. The molecule has 0 saturated carbocycles. The van der Waals surface area contributed by atoms with Crippen molar-refractivity contribution in [3.05, 3.63) is 47.8 Å². The molecule has 2 heterocycles. The summed E-state index contributed by atoms with van der Waals surface area (Å²) in [6, 6.07) is 10.7. The van der Waals surface area contributed by atoms with Crippen LogP contribution in [0.3, 0.4) is 0 Å². The van der Waals surface area contributed by atoms with Gasteiger partial charge in [0.15, 0.2) is 0 Å². The molecule has 116 valence electrons. The van der Waals surface area contributed by atoms with Crippen molar-refractivity contribution in [3.63, 3.8) is 0 Å². The molecule has 1 aliphatic heterocycles. The lowest BCUT2D eigenvalue weighted by Gasteiger charge is -2.28. The summed E-state index contributed by atoms with van der Waals surface area (Å²) in [5.41, 5.74) is 2.96. The van der Waals surface area contributed by atoms with Crippen LogP contribution in [0.4, 0.5) is 11.6 Å². The van der Waals surface area contributed by atoms with Gasteiger partial charge in [0.05, 0.1) is 0 Å². The van der Waals surface area contributed by atoms with Crippen LogP contribution in [-0.2, 0) is 13.0 Å². The molecule has 3 rings (SSSR count). The molecule has 0 atom stereocenters. The zero-order valence-corrected chi connectivity index (χ0v) is 13.3. The van der Waals surface area contributed by atoms with Crippen molar-refractivity contribution < 1.29 is 0 Å². The lowest BCUT2D eigenvalue weighted by atomic mass is 10.00. The van der Waals surface area contributed by atoms with Crippen LogP contribution in [0.2, 0.25) is 0 Å². The van der Waals surface area contributed by atoms with Crippen molar-refractivity contribution in [2.75, 3.05) is 43.9 Å². The fraction of sp³-hybridized carbons (Fsp3) is 0.412. The van der Waals surface area contributed by atoms with E-state index in [0.717, 1.165) is 44.2 Å². The van der Waals surface area contributed by atoms with Crippen molar-refractivity contribution in [2.45, 2.75) is 13.0 Å². The molecule has 0 spiro atoms. The summed E-state index contributed by atoms with van der Waals surface area (Å²) in [4.78, 5) is 13.0. The Kier molecular flexibility index (Phi) is 4.53. The SMILES string of the molecule is CN(C)c1cc(NCCN2CCc3ccccc3C2)ncn1. The standard InChI is InChI=1S/C17H23N5/c1-21(2)17-11-16(19-13-20-17)18-8-10-22-9-7-14-5-3-4-6-15(14)12-22/h3-6,11,13H,7-10,12H2,1-2H3,(H,18,19,20). The van der Waals surface area contributed by atoms with E-state index in [2.05, 4.69) is 44.5 Å². The van der Waals surface area contributed by atoms with Gasteiger partial charge in [0.1, 0.15) is 18.0 Å². The Morgan fingerprint density at radius 3 is 2.82 bits per heavy atom. The molecule has 0 radical (unpaired) electrons. The van der Waals surface area contributed by atoms with Gasteiger partial charge in [-0.05, 0) is 17.5 Å². The lowest BCUT2D eigenvalue weighted by Crippen LogP contribution is -2.34. The van der Waals surface area contributed by atoms with Gasteiger partial charge in [-0.1, -0.05) is 24.3 Å². The van der Waals surface area contributed by atoms with E-state index in [1.165, 1.54) is 11.1 Å². The topological polar surface area (TPSA) is 44.3 Å². The summed E-state index contributed by atoms with van der Waals surface area (Å²) < 4.78 is 0. The monoisotopic (exact) mass is 297 g/mol. The van der Waals surface area contributed by atoms with Gasteiger partial charge < -0.3 is 10.2 Å². The molecule has 0 unspecified atom stereocenters.